The first kappa shape index (κ1) is 18.4. The van der Waals surface area contributed by atoms with Gasteiger partial charge in [0.1, 0.15) is 0 Å². The van der Waals surface area contributed by atoms with Gasteiger partial charge in [0.25, 0.3) is 0 Å². The first-order valence-corrected chi connectivity index (χ1v) is 7.95. The lowest BCUT2D eigenvalue weighted by molar-refractivity contribution is 0.893. The fraction of sp³-hybridized carbons (Fsp3) is 0.400. The number of rotatable bonds is 3. The first-order valence-electron chi connectivity index (χ1n) is 7.95. The van der Waals surface area contributed by atoms with E-state index in [0.717, 1.165) is 6.42 Å². The van der Waals surface area contributed by atoms with E-state index < -0.39 is 0 Å². The fourth-order valence-electron chi connectivity index (χ4n) is 2.20. The van der Waals surface area contributed by atoms with Gasteiger partial charge < -0.3 is 0 Å². The molecular weight excluding hydrogens is 240 g/mol. The normalized spacial score (nSPS) is 10.5. The lowest BCUT2D eigenvalue weighted by atomic mass is 9.89. The minimum atomic E-state index is 0.484. The van der Waals surface area contributed by atoms with Gasteiger partial charge in [0.15, 0.2) is 0 Å². The third-order valence-electron chi connectivity index (χ3n) is 3.20. The van der Waals surface area contributed by atoms with Crippen LogP contribution in [0.5, 0.6) is 0 Å². The molecule has 0 saturated carbocycles. The summed E-state index contributed by atoms with van der Waals surface area (Å²) in [7, 11) is 0. The van der Waals surface area contributed by atoms with Gasteiger partial charge in [0.2, 0.25) is 0 Å². The SMILES string of the molecule is CC.CC.CCc1ccccc1C(C)c1ccccc1. The third-order valence-corrected chi connectivity index (χ3v) is 3.20. The molecule has 0 aromatic heterocycles. The van der Waals surface area contributed by atoms with Crippen molar-refractivity contribution in [1.29, 1.82) is 0 Å². The van der Waals surface area contributed by atoms with E-state index in [9.17, 15) is 0 Å². The molecule has 0 radical (unpaired) electrons. The highest BCUT2D eigenvalue weighted by molar-refractivity contribution is 5.37. The zero-order valence-electron chi connectivity index (χ0n) is 14.0. The van der Waals surface area contributed by atoms with E-state index in [0.29, 0.717) is 5.92 Å². The van der Waals surface area contributed by atoms with Crippen LogP contribution in [0, 0.1) is 0 Å². The molecule has 0 saturated heterocycles. The maximum atomic E-state index is 2.28. The molecule has 2 aromatic rings. The van der Waals surface area contributed by atoms with Gasteiger partial charge in [-0.3, -0.25) is 0 Å². The van der Waals surface area contributed by atoms with Crippen LogP contribution in [-0.2, 0) is 6.42 Å². The van der Waals surface area contributed by atoms with Crippen LogP contribution in [0.15, 0.2) is 54.6 Å². The maximum absolute atomic E-state index is 2.28. The maximum Gasteiger partial charge on any atom is 0.00637 e. The molecule has 0 aliphatic heterocycles. The Hall–Kier alpha value is -1.56. The zero-order valence-corrected chi connectivity index (χ0v) is 14.0. The largest absolute Gasteiger partial charge is 0.0683 e. The van der Waals surface area contributed by atoms with Crippen LogP contribution in [0.2, 0.25) is 0 Å². The van der Waals surface area contributed by atoms with Crippen molar-refractivity contribution in [2.24, 2.45) is 0 Å². The Morgan fingerprint density at radius 3 is 1.80 bits per heavy atom. The molecular formula is C20H30. The van der Waals surface area contributed by atoms with Crippen molar-refractivity contribution in [3.05, 3.63) is 71.3 Å². The number of hydrogen-bond acceptors (Lipinski definition) is 0. The van der Waals surface area contributed by atoms with E-state index in [2.05, 4.69) is 68.4 Å². The summed E-state index contributed by atoms with van der Waals surface area (Å²) in [6, 6.07) is 19.4. The molecule has 0 heterocycles. The van der Waals surface area contributed by atoms with Crippen LogP contribution < -0.4 is 0 Å². The van der Waals surface area contributed by atoms with E-state index in [1.54, 1.807) is 0 Å². The molecule has 110 valence electrons. The van der Waals surface area contributed by atoms with E-state index in [1.165, 1.54) is 16.7 Å². The van der Waals surface area contributed by atoms with Gasteiger partial charge in [-0.05, 0) is 23.1 Å². The molecule has 0 fully saturated rings. The van der Waals surface area contributed by atoms with E-state index >= 15 is 0 Å². The van der Waals surface area contributed by atoms with Crippen molar-refractivity contribution in [3.8, 4) is 0 Å². The topological polar surface area (TPSA) is 0 Å². The van der Waals surface area contributed by atoms with Crippen LogP contribution in [-0.4, -0.2) is 0 Å². The second-order valence-corrected chi connectivity index (χ2v) is 4.18. The smallest absolute Gasteiger partial charge is 0.00637 e. The Morgan fingerprint density at radius 1 is 0.750 bits per heavy atom. The van der Waals surface area contributed by atoms with E-state index in [4.69, 9.17) is 0 Å². The molecule has 0 N–H and O–H groups in total. The summed E-state index contributed by atoms with van der Waals surface area (Å²) in [5.41, 5.74) is 4.30. The van der Waals surface area contributed by atoms with Crippen molar-refractivity contribution in [3.63, 3.8) is 0 Å². The Morgan fingerprint density at radius 2 is 1.25 bits per heavy atom. The van der Waals surface area contributed by atoms with Gasteiger partial charge in [0.05, 0.1) is 0 Å². The fourth-order valence-corrected chi connectivity index (χ4v) is 2.20. The molecule has 0 aliphatic rings. The average Bonchev–Trinajstić information content (AvgIpc) is 2.58. The predicted octanol–water partition coefficient (Wildman–Crippen LogP) is 6.45. The summed E-state index contributed by atoms with van der Waals surface area (Å²) in [5, 5.41) is 0. The molecule has 20 heavy (non-hydrogen) atoms. The minimum absolute atomic E-state index is 0.484. The van der Waals surface area contributed by atoms with Crippen molar-refractivity contribution in [1.82, 2.24) is 0 Å². The molecule has 2 rings (SSSR count). The highest BCUT2D eigenvalue weighted by Crippen LogP contribution is 2.26. The Labute approximate surface area is 125 Å². The van der Waals surface area contributed by atoms with Gasteiger partial charge in [-0.2, -0.15) is 0 Å². The van der Waals surface area contributed by atoms with Gasteiger partial charge in [-0.1, -0.05) is 96.1 Å². The van der Waals surface area contributed by atoms with Gasteiger partial charge in [-0.25, -0.2) is 0 Å². The van der Waals surface area contributed by atoms with Crippen LogP contribution in [0.25, 0.3) is 0 Å². The summed E-state index contributed by atoms with van der Waals surface area (Å²) in [4.78, 5) is 0. The van der Waals surface area contributed by atoms with Crippen LogP contribution in [0.4, 0.5) is 0 Å². The molecule has 0 heteroatoms. The predicted molar refractivity (Wildman–Crippen MR) is 92.5 cm³/mol. The summed E-state index contributed by atoms with van der Waals surface area (Å²) in [6.45, 7) is 12.5. The standard InChI is InChI=1S/C16H18.2C2H6/c1-3-14-9-7-8-12-16(14)13(2)15-10-5-4-6-11-15;2*1-2/h4-13H,3H2,1-2H3;2*1-2H3. The van der Waals surface area contributed by atoms with Gasteiger partial charge in [-0.15, -0.1) is 0 Å². The summed E-state index contributed by atoms with van der Waals surface area (Å²) < 4.78 is 0. The lowest BCUT2D eigenvalue weighted by Gasteiger charge is -2.16. The molecule has 0 bridgehead atoms. The molecule has 0 spiro atoms. The Kier molecular flexibility index (Phi) is 10.4. The summed E-state index contributed by atoms with van der Waals surface area (Å²) in [5.74, 6) is 0.484. The van der Waals surface area contributed by atoms with E-state index in [1.807, 2.05) is 27.7 Å². The first-order chi connectivity index (χ1) is 9.83. The Bertz CT molecular complexity index is 443. The quantitative estimate of drug-likeness (QED) is 0.601. The van der Waals surface area contributed by atoms with Gasteiger partial charge in [0, 0.05) is 5.92 Å². The second kappa shape index (κ2) is 11.3. The van der Waals surface area contributed by atoms with Crippen LogP contribution in [0.1, 0.15) is 64.2 Å². The molecule has 2 aromatic carbocycles. The number of hydrogen-bond donors (Lipinski definition) is 0. The monoisotopic (exact) mass is 270 g/mol. The molecule has 1 unspecified atom stereocenters. The third kappa shape index (κ3) is 5.21. The summed E-state index contributed by atoms with van der Waals surface area (Å²) >= 11 is 0. The van der Waals surface area contributed by atoms with Crippen molar-refractivity contribution in [2.45, 2.75) is 53.9 Å². The minimum Gasteiger partial charge on any atom is -0.0683 e. The second-order valence-electron chi connectivity index (χ2n) is 4.18. The number of aryl methyl sites for hydroxylation is 1. The highest BCUT2D eigenvalue weighted by Gasteiger charge is 2.10. The number of benzene rings is 2. The van der Waals surface area contributed by atoms with Gasteiger partial charge >= 0.3 is 0 Å². The summed E-state index contributed by atoms with van der Waals surface area (Å²) in [6.07, 6.45) is 1.10. The van der Waals surface area contributed by atoms with Crippen molar-refractivity contribution < 1.29 is 0 Å². The lowest BCUT2D eigenvalue weighted by Crippen LogP contribution is -1.99. The molecule has 0 aliphatic carbocycles. The van der Waals surface area contributed by atoms with E-state index in [-0.39, 0.29) is 0 Å². The molecule has 0 nitrogen and oxygen atoms in total. The van der Waals surface area contributed by atoms with Crippen LogP contribution >= 0.6 is 0 Å². The van der Waals surface area contributed by atoms with Crippen molar-refractivity contribution in [2.75, 3.05) is 0 Å². The molecule has 1 atom stereocenters. The molecule has 0 amide bonds. The average molecular weight is 270 g/mol. The highest BCUT2D eigenvalue weighted by atomic mass is 14.1. The van der Waals surface area contributed by atoms with Crippen LogP contribution in [0.3, 0.4) is 0 Å². The zero-order chi connectivity index (χ0) is 15.4. The van der Waals surface area contributed by atoms with Crippen molar-refractivity contribution >= 4 is 0 Å². The Balaban J connectivity index is 0.000000829.